The van der Waals surface area contributed by atoms with Crippen LogP contribution in [0.4, 0.5) is 0 Å². The first-order chi connectivity index (χ1) is 5.75. The highest BCUT2D eigenvalue weighted by molar-refractivity contribution is 5.73. The topological polar surface area (TPSA) is 58.6 Å². The van der Waals surface area contributed by atoms with Crippen LogP contribution in [0.3, 0.4) is 0 Å². The molecule has 1 aliphatic rings. The number of nitrogens with one attached hydrogen (secondary N) is 1. The van der Waals surface area contributed by atoms with Gasteiger partial charge < -0.3 is 15.2 Å². The summed E-state index contributed by atoms with van der Waals surface area (Å²) in [4.78, 5) is 10.7. The van der Waals surface area contributed by atoms with Gasteiger partial charge in [0.25, 0.3) is 0 Å². The Balaban J connectivity index is 2.45. The van der Waals surface area contributed by atoms with Crippen LogP contribution < -0.4 is 5.32 Å². The van der Waals surface area contributed by atoms with Gasteiger partial charge in [0.05, 0.1) is 0 Å². The van der Waals surface area contributed by atoms with Gasteiger partial charge in [-0.2, -0.15) is 0 Å². The first kappa shape index (κ1) is 9.48. The zero-order chi connectivity index (χ0) is 8.97. The largest absolute Gasteiger partial charge is 0.479 e. The van der Waals surface area contributed by atoms with Gasteiger partial charge in [-0.3, -0.25) is 0 Å². The third kappa shape index (κ3) is 2.19. The molecular formula is C8H15NO3. The van der Waals surface area contributed by atoms with Crippen LogP contribution in [0.2, 0.25) is 0 Å². The molecule has 0 aromatic rings. The molecule has 1 saturated heterocycles. The molecule has 4 nitrogen and oxygen atoms in total. The van der Waals surface area contributed by atoms with Crippen molar-refractivity contribution in [2.24, 2.45) is 0 Å². The summed E-state index contributed by atoms with van der Waals surface area (Å²) in [6.07, 6.45) is 1.27. The maximum Gasteiger partial charge on any atom is 0.334 e. The number of carboxylic acids is 1. The molecular weight excluding hydrogens is 158 g/mol. The summed E-state index contributed by atoms with van der Waals surface area (Å²) < 4.78 is 5.13. The lowest BCUT2D eigenvalue weighted by Crippen LogP contribution is -2.42. The van der Waals surface area contributed by atoms with E-state index < -0.39 is 12.1 Å². The number of ether oxygens (including phenoxy) is 1. The molecule has 2 atom stereocenters. The minimum absolute atomic E-state index is 0.00227. The fourth-order valence-electron chi connectivity index (χ4n) is 1.51. The van der Waals surface area contributed by atoms with E-state index in [1.807, 2.05) is 6.92 Å². The van der Waals surface area contributed by atoms with Crippen molar-refractivity contribution in [2.75, 3.05) is 13.2 Å². The summed E-state index contributed by atoms with van der Waals surface area (Å²) in [5.41, 5.74) is 0. The molecule has 70 valence electrons. The van der Waals surface area contributed by atoms with Crippen LogP contribution in [-0.2, 0) is 9.53 Å². The van der Waals surface area contributed by atoms with Gasteiger partial charge in [0, 0.05) is 12.6 Å². The highest BCUT2D eigenvalue weighted by Crippen LogP contribution is 2.12. The molecule has 1 aliphatic heterocycles. The standard InChI is InChI=1S/C8H15NO3/c1-2-12-7(8(10)11)6-4-3-5-9-6/h6-7,9H,2-5H2,1H3,(H,10,11). The molecule has 0 radical (unpaired) electrons. The maximum atomic E-state index is 10.7. The van der Waals surface area contributed by atoms with Gasteiger partial charge in [0.1, 0.15) is 0 Å². The lowest BCUT2D eigenvalue weighted by atomic mass is 10.1. The Bertz CT molecular complexity index is 154. The van der Waals surface area contributed by atoms with Gasteiger partial charge in [-0.25, -0.2) is 4.79 Å². The van der Waals surface area contributed by atoms with Crippen molar-refractivity contribution in [3.63, 3.8) is 0 Å². The Hall–Kier alpha value is -0.610. The summed E-state index contributed by atoms with van der Waals surface area (Å²) in [7, 11) is 0. The van der Waals surface area contributed by atoms with Crippen molar-refractivity contribution in [2.45, 2.75) is 31.9 Å². The monoisotopic (exact) mass is 173 g/mol. The van der Waals surface area contributed by atoms with Crippen molar-refractivity contribution in [3.05, 3.63) is 0 Å². The van der Waals surface area contributed by atoms with Crippen LogP contribution >= 0.6 is 0 Å². The second-order valence-electron chi connectivity index (χ2n) is 2.92. The van der Waals surface area contributed by atoms with Gasteiger partial charge in [0.15, 0.2) is 6.10 Å². The maximum absolute atomic E-state index is 10.7. The Morgan fingerprint density at radius 3 is 3.00 bits per heavy atom. The SMILES string of the molecule is CCOC(C(=O)O)C1CCCN1. The summed E-state index contributed by atoms with van der Waals surface area (Å²) in [5.74, 6) is -0.865. The molecule has 0 aliphatic carbocycles. The van der Waals surface area contributed by atoms with E-state index >= 15 is 0 Å². The van der Waals surface area contributed by atoms with Crippen molar-refractivity contribution >= 4 is 5.97 Å². The second-order valence-corrected chi connectivity index (χ2v) is 2.92. The predicted octanol–water partition coefficient (Wildman–Crippen LogP) is 0.228. The number of rotatable bonds is 4. The van der Waals surface area contributed by atoms with Crippen LogP contribution in [0.1, 0.15) is 19.8 Å². The highest BCUT2D eigenvalue weighted by atomic mass is 16.5. The highest BCUT2D eigenvalue weighted by Gasteiger charge is 2.30. The molecule has 12 heavy (non-hydrogen) atoms. The lowest BCUT2D eigenvalue weighted by Gasteiger charge is -2.18. The smallest absolute Gasteiger partial charge is 0.334 e. The van der Waals surface area contributed by atoms with E-state index in [1.54, 1.807) is 0 Å². The molecule has 1 fully saturated rings. The third-order valence-electron chi connectivity index (χ3n) is 2.05. The Kier molecular flexibility index (Phi) is 3.49. The van der Waals surface area contributed by atoms with Crippen molar-refractivity contribution in [1.82, 2.24) is 5.32 Å². The van der Waals surface area contributed by atoms with Crippen molar-refractivity contribution in [1.29, 1.82) is 0 Å². The first-order valence-electron chi connectivity index (χ1n) is 4.33. The predicted molar refractivity (Wildman–Crippen MR) is 44.1 cm³/mol. The molecule has 0 bridgehead atoms. The lowest BCUT2D eigenvalue weighted by molar-refractivity contribution is -0.151. The molecule has 0 amide bonds. The van der Waals surface area contributed by atoms with E-state index in [1.165, 1.54) is 0 Å². The molecule has 1 heterocycles. The van der Waals surface area contributed by atoms with Crippen LogP contribution in [-0.4, -0.2) is 36.4 Å². The number of carboxylic acid groups (broad SMARTS) is 1. The van der Waals surface area contributed by atoms with E-state index in [0.29, 0.717) is 6.61 Å². The molecule has 1 rings (SSSR count). The van der Waals surface area contributed by atoms with Crippen molar-refractivity contribution < 1.29 is 14.6 Å². The summed E-state index contributed by atoms with van der Waals surface area (Å²) >= 11 is 0. The minimum Gasteiger partial charge on any atom is -0.479 e. The number of hydrogen-bond donors (Lipinski definition) is 2. The number of hydrogen-bond acceptors (Lipinski definition) is 3. The minimum atomic E-state index is -0.865. The quantitative estimate of drug-likeness (QED) is 0.639. The summed E-state index contributed by atoms with van der Waals surface area (Å²) in [5, 5.41) is 11.9. The van der Waals surface area contributed by atoms with E-state index in [9.17, 15) is 4.79 Å². The van der Waals surface area contributed by atoms with E-state index in [4.69, 9.17) is 9.84 Å². The van der Waals surface area contributed by atoms with E-state index in [-0.39, 0.29) is 6.04 Å². The first-order valence-corrected chi connectivity index (χ1v) is 4.33. The molecule has 2 unspecified atom stereocenters. The average Bonchev–Trinajstić information content (AvgIpc) is 2.51. The van der Waals surface area contributed by atoms with Crippen LogP contribution in [0.15, 0.2) is 0 Å². The Morgan fingerprint density at radius 2 is 2.58 bits per heavy atom. The van der Waals surface area contributed by atoms with Crippen molar-refractivity contribution in [3.8, 4) is 0 Å². The molecule has 0 aromatic carbocycles. The summed E-state index contributed by atoms with van der Waals surface area (Å²) in [6.45, 7) is 3.17. The number of carbonyl (C=O) groups is 1. The van der Waals surface area contributed by atoms with Crippen LogP contribution in [0.5, 0.6) is 0 Å². The van der Waals surface area contributed by atoms with Gasteiger partial charge in [-0.1, -0.05) is 0 Å². The summed E-state index contributed by atoms with van der Waals surface area (Å²) in [6, 6.07) is 0.00227. The molecule has 0 saturated carbocycles. The fraction of sp³-hybridized carbons (Fsp3) is 0.875. The van der Waals surface area contributed by atoms with E-state index in [0.717, 1.165) is 19.4 Å². The molecule has 0 spiro atoms. The molecule has 0 aromatic heterocycles. The average molecular weight is 173 g/mol. The Morgan fingerprint density at radius 1 is 1.83 bits per heavy atom. The van der Waals surface area contributed by atoms with Gasteiger partial charge >= 0.3 is 5.97 Å². The molecule has 4 heteroatoms. The third-order valence-corrected chi connectivity index (χ3v) is 2.05. The van der Waals surface area contributed by atoms with Gasteiger partial charge in [-0.15, -0.1) is 0 Å². The van der Waals surface area contributed by atoms with Gasteiger partial charge in [0.2, 0.25) is 0 Å². The normalized spacial score (nSPS) is 25.6. The second kappa shape index (κ2) is 4.42. The van der Waals surface area contributed by atoms with E-state index in [2.05, 4.69) is 5.32 Å². The van der Waals surface area contributed by atoms with Gasteiger partial charge in [-0.05, 0) is 26.3 Å². The zero-order valence-electron chi connectivity index (χ0n) is 7.25. The zero-order valence-corrected chi connectivity index (χ0v) is 7.25. The van der Waals surface area contributed by atoms with Crippen LogP contribution in [0.25, 0.3) is 0 Å². The van der Waals surface area contributed by atoms with Crippen LogP contribution in [0, 0.1) is 0 Å². The fourth-order valence-corrected chi connectivity index (χ4v) is 1.51. The number of aliphatic carboxylic acids is 1. The Labute approximate surface area is 71.9 Å². The molecule has 2 N–H and O–H groups in total.